The molecule has 1 aliphatic rings. The molecular formula is C13H17F2N5. The number of nitrogens with zero attached hydrogens (tertiary/aromatic N) is 5. The number of hydrogen-bond donors (Lipinski definition) is 0. The lowest BCUT2D eigenvalue weighted by Gasteiger charge is -2.39. The summed E-state index contributed by atoms with van der Waals surface area (Å²) in [6.45, 7) is 3.94. The van der Waals surface area contributed by atoms with Crippen molar-refractivity contribution in [3.8, 4) is 0 Å². The molecule has 20 heavy (non-hydrogen) atoms. The SMILES string of the molecule is CN1CCC[C@](C)(c2cc(C(F)F)nc3ncnn23)C1. The molecule has 0 unspecified atom stereocenters. The summed E-state index contributed by atoms with van der Waals surface area (Å²) in [6, 6.07) is 1.48. The molecule has 0 saturated carbocycles. The van der Waals surface area contributed by atoms with Crippen LogP contribution < -0.4 is 0 Å². The molecule has 1 aliphatic heterocycles. The smallest absolute Gasteiger partial charge is 0.280 e. The average molecular weight is 281 g/mol. The molecule has 1 saturated heterocycles. The van der Waals surface area contributed by atoms with Crippen LogP contribution in [0.3, 0.4) is 0 Å². The summed E-state index contributed by atoms with van der Waals surface area (Å²) in [7, 11) is 2.05. The van der Waals surface area contributed by atoms with Gasteiger partial charge in [0.05, 0.1) is 5.69 Å². The van der Waals surface area contributed by atoms with Crippen molar-refractivity contribution in [1.82, 2.24) is 24.5 Å². The summed E-state index contributed by atoms with van der Waals surface area (Å²) in [4.78, 5) is 10.0. The van der Waals surface area contributed by atoms with Gasteiger partial charge < -0.3 is 4.90 Å². The van der Waals surface area contributed by atoms with Gasteiger partial charge in [-0.1, -0.05) is 6.92 Å². The topological polar surface area (TPSA) is 46.3 Å². The number of halogens is 2. The zero-order valence-corrected chi connectivity index (χ0v) is 11.6. The van der Waals surface area contributed by atoms with Gasteiger partial charge in [-0.25, -0.2) is 18.3 Å². The number of likely N-dealkylation sites (N-methyl/N-ethyl adjacent to an activating group) is 1. The van der Waals surface area contributed by atoms with Gasteiger partial charge in [0.15, 0.2) is 0 Å². The molecule has 3 heterocycles. The van der Waals surface area contributed by atoms with Gasteiger partial charge >= 0.3 is 0 Å². The highest BCUT2D eigenvalue weighted by Crippen LogP contribution is 2.34. The van der Waals surface area contributed by atoms with Crippen molar-refractivity contribution in [2.24, 2.45) is 0 Å². The third-order valence-electron chi connectivity index (χ3n) is 4.00. The monoisotopic (exact) mass is 281 g/mol. The van der Waals surface area contributed by atoms with Crippen LogP contribution in [0.15, 0.2) is 12.4 Å². The lowest BCUT2D eigenvalue weighted by atomic mass is 9.78. The maximum atomic E-state index is 13.0. The maximum absolute atomic E-state index is 13.0. The number of hydrogen-bond acceptors (Lipinski definition) is 4. The first-order valence-corrected chi connectivity index (χ1v) is 6.67. The summed E-state index contributed by atoms with van der Waals surface area (Å²) >= 11 is 0. The van der Waals surface area contributed by atoms with E-state index in [1.807, 2.05) is 7.05 Å². The second kappa shape index (κ2) is 4.73. The predicted octanol–water partition coefficient (Wildman–Crippen LogP) is 2.05. The first kappa shape index (κ1) is 13.4. The van der Waals surface area contributed by atoms with E-state index in [1.165, 1.54) is 12.4 Å². The quantitative estimate of drug-likeness (QED) is 0.845. The molecule has 0 N–H and O–H groups in total. The van der Waals surface area contributed by atoms with E-state index >= 15 is 0 Å². The van der Waals surface area contributed by atoms with E-state index in [0.29, 0.717) is 0 Å². The van der Waals surface area contributed by atoms with Crippen molar-refractivity contribution < 1.29 is 8.78 Å². The Morgan fingerprint density at radius 3 is 2.90 bits per heavy atom. The number of likely N-dealkylation sites (tertiary alicyclic amines) is 1. The molecule has 108 valence electrons. The van der Waals surface area contributed by atoms with Gasteiger partial charge in [0.1, 0.15) is 12.0 Å². The van der Waals surface area contributed by atoms with Crippen LogP contribution >= 0.6 is 0 Å². The van der Waals surface area contributed by atoms with E-state index in [1.54, 1.807) is 4.52 Å². The van der Waals surface area contributed by atoms with E-state index in [2.05, 4.69) is 26.9 Å². The fourth-order valence-electron chi connectivity index (χ4n) is 3.07. The summed E-state index contributed by atoms with van der Waals surface area (Å²) < 4.78 is 27.6. The average Bonchev–Trinajstić information content (AvgIpc) is 2.84. The van der Waals surface area contributed by atoms with Crippen LogP contribution in [0.5, 0.6) is 0 Å². The maximum Gasteiger partial charge on any atom is 0.280 e. The first-order valence-electron chi connectivity index (χ1n) is 6.67. The fourth-order valence-corrected chi connectivity index (χ4v) is 3.07. The Hall–Kier alpha value is -1.63. The van der Waals surface area contributed by atoms with Crippen molar-refractivity contribution in [3.05, 3.63) is 23.8 Å². The number of piperidine rings is 1. The number of fused-ring (bicyclic) bond motifs is 1. The number of aromatic nitrogens is 4. The highest BCUT2D eigenvalue weighted by molar-refractivity contribution is 5.34. The standard InChI is InChI=1S/C13H17F2N5/c1-13(4-3-5-19(2)7-13)10-6-9(11(14)15)18-12-16-8-17-20(10)12/h6,8,11H,3-5,7H2,1-2H3/t13-/m0/s1. The largest absolute Gasteiger partial charge is 0.305 e. The third kappa shape index (κ3) is 2.15. The van der Waals surface area contributed by atoms with Gasteiger partial charge in [0.25, 0.3) is 12.2 Å². The lowest BCUT2D eigenvalue weighted by Crippen LogP contribution is -2.43. The van der Waals surface area contributed by atoms with Crippen molar-refractivity contribution in [2.45, 2.75) is 31.6 Å². The van der Waals surface area contributed by atoms with Crippen molar-refractivity contribution >= 4 is 5.78 Å². The molecule has 5 nitrogen and oxygen atoms in total. The summed E-state index contributed by atoms with van der Waals surface area (Å²) in [5, 5.41) is 4.14. The molecule has 7 heteroatoms. The van der Waals surface area contributed by atoms with Crippen LogP contribution in [0.4, 0.5) is 8.78 Å². The molecule has 1 atom stereocenters. The zero-order valence-electron chi connectivity index (χ0n) is 11.6. The summed E-state index contributed by atoms with van der Waals surface area (Å²) in [5.41, 5.74) is 0.322. The molecule has 0 aromatic carbocycles. The molecule has 0 aliphatic carbocycles. The van der Waals surface area contributed by atoms with Crippen LogP contribution in [-0.4, -0.2) is 44.6 Å². The molecule has 2 aromatic rings. The van der Waals surface area contributed by atoms with E-state index in [0.717, 1.165) is 31.6 Å². The fraction of sp³-hybridized carbons (Fsp3) is 0.615. The molecule has 1 fully saturated rings. The molecule has 0 bridgehead atoms. The van der Waals surface area contributed by atoms with E-state index < -0.39 is 6.43 Å². The Balaban J connectivity index is 2.15. The van der Waals surface area contributed by atoms with Gasteiger partial charge in [-0.3, -0.25) is 0 Å². The van der Waals surface area contributed by atoms with Crippen LogP contribution in [0, 0.1) is 0 Å². The molecule has 0 amide bonds. The third-order valence-corrected chi connectivity index (χ3v) is 4.00. The van der Waals surface area contributed by atoms with Crippen LogP contribution in [0.2, 0.25) is 0 Å². The van der Waals surface area contributed by atoms with Gasteiger partial charge in [0.2, 0.25) is 0 Å². The minimum atomic E-state index is -2.60. The van der Waals surface area contributed by atoms with Crippen LogP contribution in [0.1, 0.15) is 37.6 Å². The predicted molar refractivity (Wildman–Crippen MR) is 69.8 cm³/mol. The Kier molecular flexibility index (Phi) is 3.16. The Bertz CT molecular complexity index is 626. The lowest BCUT2D eigenvalue weighted by molar-refractivity contribution is 0.144. The van der Waals surface area contributed by atoms with Crippen LogP contribution in [0.25, 0.3) is 5.78 Å². The van der Waals surface area contributed by atoms with E-state index in [9.17, 15) is 8.78 Å². The molecule has 3 rings (SSSR count). The van der Waals surface area contributed by atoms with E-state index in [-0.39, 0.29) is 16.9 Å². The number of rotatable bonds is 2. The highest BCUT2D eigenvalue weighted by atomic mass is 19.3. The van der Waals surface area contributed by atoms with Crippen molar-refractivity contribution in [1.29, 1.82) is 0 Å². The van der Waals surface area contributed by atoms with Crippen molar-refractivity contribution in [2.75, 3.05) is 20.1 Å². The summed E-state index contributed by atoms with van der Waals surface area (Å²) in [6.07, 6.45) is 0.742. The minimum Gasteiger partial charge on any atom is -0.305 e. The second-order valence-corrected chi connectivity index (χ2v) is 5.74. The molecule has 0 spiro atoms. The first-order chi connectivity index (χ1) is 9.49. The van der Waals surface area contributed by atoms with E-state index in [4.69, 9.17) is 0 Å². The highest BCUT2D eigenvalue weighted by Gasteiger charge is 2.35. The Morgan fingerprint density at radius 2 is 2.20 bits per heavy atom. The normalized spacial score (nSPS) is 24.6. The Labute approximate surface area is 115 Å². The zero-order chi connectivity index (χ0) is 14.3. The molecule has 2 aromatic heterocycles. The second-order valence-electron chi connectivity index (χ2n) is 5.74. The minimum absolute atomic E-state index is 0.217. The molecule has 0 radical (unpaired) electrons. The summed E-state index contributed by atoms with van der Waals surface area (Å²) in [5.74, 6) is 0.243. The van der Waals surface area contributed by atoms with Gasteiger partial charge in [0, 0.05) is 12.0 Å². The van der Waals surface area contributed by atoms with Gasteiger partial charge in [-0.05, 0) is 32.5 Å². The van der Waals surface area contributed by atoms with Crippen molar-refractivity contribution in [3.63, 3.8) is 0 Å². The van der Waals surface area contributed by atoms with Gasteiger partial charge in [-0.15, -0.1) is 0 Å². The Morgan fingerprint density at radius 1 is 1.40 bits per heavy atom. The molecular weight excluding hydrogens is 264 g/mol. The van der Waals surface area contributed by atoms with Crippen LogP contribution in [-0.2, 0) is 5.41 Å². The number of alkyl halides is 2. The van der Waals surface area contributed by atoms with Gasteiger partial charge in [-0.2, -0.15) is 10.1 Å².